The molecule has 0 aromatic heterocycles. The largest absolute Gasteiger partial charge is 0.481 e. The van der Waals surface area contributed by atoms with E-state index in [2.05, 4.69) is 10.0 Å². The smallest absolute Gasteiger partial charge is 0.265 e. The lowest BCUT2D eigenvalue weighted by Crippen LogP contribution is -2.30. The lowest BCUT2D eigenvalue weighted by molar-refractivity contribution is -0.122. The standard InChI is InChI=1S/C22H22N2O4S/c1-16-7-6-10-20(15-16)28-17(2)22(25)23-18-11-13-21(14-12-18)29(26,27)24-19-8-4-3-5-9-19/h3-15,17,24H,1-2H3,(H,23,25)/t17-/m0/s1. The molecule has 6 nitrogen and oxygen atoms in total. The third kappa shape index (κ3) is 5.58. The van der Waals surface area contributed by atoms with Gasteiger partial charge in [-0.05, 0) is 67.9 Å². The molecule has 0 aliphatic rings. The first-order chi connectivity index (χ1) is 13.8. The molecule has 3 rings (SSSR count). The van der Waals surface area contributed by atoms with Crippen molar-refractivity contribution < 1.29 is 17.9 Å². The van der Waals surface area contributed by atoms with Crippen molar-refractivity contribution in [3.8, 4) is 5.75 Å². The van der Waals surface area contributed by atoms with Gasteiger partial charge in [0, 0.05) is 11.4 Å². The SMILES string of the molecule is Cc1cccc(O[C@@H](C)C(=O)Nc2ccc(S(=O)(=O)Nc3ccccc3)cc2)c1. The van der Waals surface area contributed by atoms with Crippen LogP contribution in [0.2, 0.25) is 0 Å². The number of para-hydroxylation sites is 1. The third-order valence-corrected chi connectivity index (χ3v) is 5.53. The van der Waals surface area contributed by atoms with Gasteiger partial charge in [-0.15, -0.1) is 0 Å². The summed E-state index contributed by atoms with van der Waals surface area (Å²) in [5.41, 5.74) is 2.00. The van der Waals surface area contributed by atoms with Gasteiger partial charge >= 0.3 is 0 Å². The molecule has 0 fully saturated rings. The molecule has 0 aliphatic carbocycles. The van der Waals surface area contributed by atoms with Gasteiger partial charge in [-0.2, -0.15) is 0 Å². The second-order valence-electron chi connectivity index (χ2n) is 6.56. The molecule has 0 radical (unpaired) electrons. The van der Waals surface area contributed by atoms with Crippen molar-refractivity contribution in [3.63, 3.8) is 0 Å². The predicted octanol–water partition coefficient (Wildman–Crippen LogP) is 4.20. The Morgan fingerprint density at radius 2 is 1.59 bits per heavy atom. The number of hydrogen-bond acceptors (Lipinski definition) is 4. The average molecular weight is 410 g/mol. The summed E-state index contributed by atoms with van der Waals surface area (Å²) in [6.07, 6.45) is -0.708. The van der Waals surface area contributed by atoms with E-state index in [9.17, 15) is 13.2 Å². The normalized spacial score (nSPS) is 12.1. The van der Waals surface area contributed by atoms with Crippen LogP contribution in [0.4, 0.5) is 11.4 Å². The summed E-state index contributed by atoms with van der Waals surface area (Å²) in [4.78, 5) is 12.5. The number of rotatable bonds is 7. The van der Waals surface area contributed by atoms with Gasteiger partial charge in [0.05, 0.1) is 4.90 Å². The number of anilines is 2. The number of aryl methyl sites for hydroxylation is 1. The van der Waals surface area contributed by atoms with Crippen LogP contribution in [-0.2, 0) is 14.8 Å². The third-order valence-electron chi connectivity index (χ3n) is 4.13. The second kappa shape index (κ2) is 8.79. The van der Waals surface area contributed by atoms with E-state index in [1.807, 2.05) is 25.1 Å². The van der Waals surface area contributed by atoms with Gasteiger partial charge in [-0.3, -0.25) is 9.52 Å². The van der Waals surface area contributed by atoms with E-state index in [-0.39, 0.29) is 10.8 Å². The molecule has 29 heavy (non-hydrogen) atoms. The average Bonchev–Trinajstić information content (AvgIpc) is 2.69. The van der Waals surface area contributed by atoms with E-state index in [1.54, 1.807) is 43.3 Å². The van der Waals surface area contributed by atoms with E-state index in [4.69, 9.17) is 4.74 Å². The first kappa shape index (κ1) is 20.4. The van der Waals surface area contributed by atoms with Crippen molar-refractivity contribution in [2.45, 2.75) is 24.8 Å². The monoisotopic (exact) mass is 410 g/mol. The molecule has 2 N–H and O–H groups in total. The predicted molar refractivity (Wildman–Crippen MR) is 114 cm³/mol. The molecule has 3 aromatic rings. The van der Waals surface area contributed by atoms with Crippen molar-refractivity contribution >= 4 is 27.3 Å². The van der Waals surface area contributed by atoms with Crippen LogP contribution in [0.25, 0.3) is 0 Å². The van der Waals surface area contributed by atoms with E-state index in [0.717, 1.165) is 5.56 Å². The molecule has 0 aliphatic heterocycles. The van der Waals surface area contributed by atoms with Gasteiger partial charge < -0.3 is 10.1 Å². The zero-order valence-corrected chi connectivity index (χ0v) is 16.9. The maximum absolute atomic E-state index is 12.5. The maximum atomic E-state index is 12.5. The molecule has 1 amide bonds. The molecule has 7 heteroatoms. The number of amides is 1. The summed E-state index contributed by atoms with van der Waals surface area (Å²) in [6, 6.07) is 22.0. The van der Waals surface area contributed by atoms with Gasteiger partial charge in [-0.25, -0.2) is 8.42 Å². The highest BCUT2D eigenvalue weighted by molar-refractivity contribution is 7.92. The Morgan fingerprint density at radius 3 is 2.24 bits per heavy atom. The number of carbonyl (C=O) groups is 1. The number of benzene rings is 3. The van der Waals surface area contributed by atoms with Crippen LogP contribution in [0.5, 0.6) is 5.75 Å². The summed E-state index contributed by atoms with van der Waals surface area (Å²) in [7, 11) is -3.71. The van der Waals surface area contributed by atoms with E-state index >= 15 is 0 Å². The summed E-state index contributed by atoms with van der Waals surface area (Å²) in [5, 5.41) is 2.73. The summed E-state index contributed by atoms with van der Waals surface area (Å²) in [5.74, 6) is 0.283. The minimum Gasteiger partial charge on any atom is -0.481 e. The number of ether oxygens (including phenoxy) is 1. The minimum atomic E-state index is -3.71. The van der Waals surface area contributed by atoms with Crippen LogP contribution in [0, 0.1) is 6.92 Å². The number of carbonyl (C=O) groups excluding carboxylic acids is 1. The summed E-state index contributed by atoms with van der Waals surface area (Å²) >= 11 is 0. The Balaban J connectivity index is 1.63. The Kier molecular flexibility index (Phi) is 6.19. The van der Waals surface area contributed by atoms with Crippen molar-refractivity contribution in [1.82, 2.24) is 0 Å². The topological polar surface area (TPSA) is 84.5 Å². The van der Waals surface area contributed by atoms with E-state index < -0.39 is 16.1 Å². The molecule has 0 saturated heterocycles. The van der Waals surface area contributed by atoms with Gasteiger partial charge in [0.15, 0.2) is 6.10 Å². The van der Waals surface area contributed by atoms with Crippen LogP contribution in [-0.4, -0.2) is 20.4 Å². The molecule has 0 bridgehead atoms. The number of hydrogen-bond donors (Lipinski definition) is 2. The zero-order valence-electron chi connectivity index (χ0n) is 16.1. The van der Waals surface area contributed by atoms with Crippen LogP contribution in [0.15, 0.2) is 83.8 Å². The van der Waals surface area contributed by atoms with Crippen LogP contribution >= 0.6 is 0 Å². The van der Waals surface area contributed by atoms with Gasteiger partial charge in [0.1, 0.15) is 5.75 Å². The van der Waals surface area contributed by atoms with Gasteiger partial charge in [0.25, 0.3) is 15.9 Å². The fourth-order valence-electron chi connectivity index (χ4n) is 2.63. The van der Waals surface area contributed by atoms with Crippen LogP contribution in [0.3, 0.4) is 0 Å². The van der Waals surface area contributed by atoms with Crippen molar-refractivity contribution in [1.29, 1.82) is 0 Å². The van der Waals surface area contributed by atoms with E-state index in [0.29, 0.717) is 17.1 Å². The molecule has 3 aromatic carbocycles. The Morgan fingerprint density at radius 1 is 0.897 bits per heavy atom. The van der Waals surface area contributed by atoms with Crippen molar-refractivity contribution in [2.75, 3.05) is 10.0 Å². The molecular formula is C22H22N2O4S. The fraction of sp³-hybridized carbons (Fsp3) is 0.136. The van der Waals surface area contributed by atoms with Gasteiger partial charge in [0.2, 0.25) is 0 Å². The Labute approximate surface area is 170 Å². The number of nitrogens with one attached hydrogen (secondary N) is 2. The molecule has 1 atom stereocenters. The highest BCUT2D eigenvalue weighted by Crippen LogP contribution is 2.19. The highest BCUT2D eigenvalue weighted by Gasteiger charge is 2.17. The first-order valence-corrected chi connectivity index (χ1v) is 10.5. The maximum Gasteiger partial charge on any atom is 0.265 e. The van der Waals surface area contributed by atoms with E-state index in [1.165, 1.54) is 24.3 Å². The second-order valence-corrected chi connectivity index (χ2v) is 8.24. The highest BCUT2D eigenvalue weighted by atomic mass is 32.2. The number of sulfonamides is 1. The molecule has 0 heterocycles. The molecular weight excluding hydrogens is 388 g/mol. The Bertz CT molecular complexity index is 1080. The molecule has 150 valence electrons. The zero-order chi connectivity index (χ0) is 20.9. The first-order valence-electron chi connectivity index (χ1n) is 9.05. The van der Waals surface area contributed by atoms with Crippen LogP contribution < -0.4 is 14.8 Å². The minimum absolute atomic E-state index is 0.100. The van der Waals surface area contributed by atoms with Crippen LogP contribution in [0.1, 0.15) is 12.5 Å². The lowest BCUT2D eigenvalue weighted by atomic mass is 10.2. The fourth-order valence-corrected chi connectivity index (χ4v) is 3.69. The molecule has 0 unspecified atom stereocenters. The van der Waals surface area contributed by atoms with Gasteiger partial charge in [-0.1, -0.05) is 30.3 Å². The van der Waals surface area contributed by atoms with Crippen molar-refractivity contribution in [3.05, 3.63) is 84.4 Å². The lowest BCUT2D eigenvalue weighted by Gasteiger charge is -2.15. The summed E-state index contributed by atoms with van der Waals surface area (Å²) in [6.45, 7) is 3.60. The molecule has 0 spiro atoms. The quantitative estimate of drug-likeness (QED) is 0.611. The molecule has 0 saturated carbocycles. The Hall–Kier alpha value is -3.32. The summed E-state index contributed by atoms with van der Waals surface area (Å²) < 4.78 is 33.1. The van der Waals surface area contributed by atoms with Crippen molar-refractivity contribution in [2.24, 2.45) is 0 Å².